The standard InChI is InChI=1S/C30H48N4O4.C2HF3O2/c1-4-5-11-25-21-34(20-24-9-7-6-8-10-24)29(36)37-30(25)14-18-32(19-15-30)26-12-16-33(17-13-26)28(35)27-22(2)31-38-23(27)3;3-2(4,5)1(6)7/h24-26H,4-21H2,1-3H3;(H,6,7). The van der Waals surface area contributed by atoms with E-state index in [1.807, 2.05) is 18.7 Å². The number of aromatic nitrogens is 1. The van der Waals surface area contributed by atoms with Crippen molar-refractivity contribution in [1.29, 1.82) is 0 Å². The molecular weight excluding hydrogens is 593 g/mol. The quantitative estimate of drug-likeness (QED) is 0.374. The summed E-state index contributed by atoms with van der Waals surface area (Å²) in [6.45, 7) is 11.1. The van der Waals surface area contributed by atoms with E-state index in [-0.39, 0.29) is 17.6 Å². The molecule has 1 unspecified atom stereocenters. The number of ether oxygens (including phenoxy) is 1. The van der Waals surface area contributed by atoms with Crippen LogP contribution in [0.25, 0.3) is 0 Å². The van der Waals surface area contributed by atoms with Crippen molar-refractivity contribution in [3.63, 3.8) is 0 Å². The number of unbranched alkanes of at least 4 members (excludes halogenated alkanes) is 1. The highest BCUT2D eigenvalue weighted by Crippen LogP contribution is 2.42. The van der Waals surface area contributed by atoms with Gasteiger partial charge in [0.15, 0.2) is 0 Å². The van der Waals surface area contributed by atoms with Crippen LogP contribution >= 0.6 is 0 Å². The second-order valence-corrected chi connectivity index (χ2v) is 13.2. The fraction of sp³-hybridized carbons (Fsp3) is 0.812. The zero-order chi connectivity index (χ0) is 32.8. The highest BCUT2D eigenvalue weighted by atomic mass is 19.4. The van der Waals surface area contributed by atoms with E-state index in [4.69, 9.17) is 19.2 Å². The van der Waals surface area contributed by atoms with Crippen LogP contribution in [0.3, 0.4) is 0 Å². The van der Waals surface area contributed by atoms with Crippen LogP contribution in [0.15, 0.2) is 4.52 Å². The van der Waals surface area contributed by atoms with Crippen molar-refractivity contribution in [3.8, 4) is 0 Å². The summed E-state index contributed by atoms with van der Waals surface area (Å²) in [5.74, 6) is -1.03. The van der Waals surface area contributed by atoms with E-state index in [1.54, 1.807) is 0 Å². The van der Waals surface area contributed by atoms with Gasteiger partial charge in [-0.15, -0.1) is 0 Å². The summed E-state index contributed by atoms with van der Waals surface area (Å²) in [5, 5.41) is 11.1. The van der Waals surface area contributed by atoms with E-state index in [9.17, 15) is 22.8 Å². The molecule has 4 fully saturated rings. The Morgan fingerprint density at radius 3 is 2.18 bits per heavy atom. The van der Waals surface area contributed by atoms with Crippen molar-refractivity contribution in [2.75, 3.05) is 39.3 Å². The largest absolute Gasteiger partial charge is 0.490 e. The van der Waals surface area contributed by atoms with Gasteiger partial charge in [-0.25, -0.2) is 9.59 Å². The molecule has 1 spiro atoms. The van der Waals surface area contributed by atoms with Gasteiger partial charge >= 0.3 is 18.2 Å². The number of carbonyl (C=O) groups is 3. The second-order valence-electron chi connectivity index (χ2n) is 13.2. The lowest BCUT2D eigenvalue weighted by Crippen LogP contribution is -2.61. The van der Waals surface area contributed by atoms with Gasteiger partial charge < -0.3 is 24.2 Å². The predicted molar refractivity (Wildman–Crippen MR) is 160 cm³/mol. The molecule has 45 heavy (non-hydrogen) atoms. The molecule has 0 aromatic carbocycles. The van der Waals surface area contributed by atoms with Gasteiger partial charge in [-0.1, -0.05) is 44.2 Å². The van der Waals surface area contributed by atoms with Crippen LogP contribution in [0.1, 0.15) is 106 Å². The molecule has 0 radical (unpaired) electrons. The molecule has 254 valence electrons. The number of piperidine rings is 2. The van der Waals surface area contributed by atoms with Crippen molar-refractivity contribution in [3.05, 3.63) is 17.0 Å². The minimum absolute atomic E-state index is 0.0444. The summed E-state index contributed by atoms with van der Waals surface area (Å²) in [5.41, 5.74) is 0.997. The van der Waals surface area contributed by atoms with E-state index in [1.165, 1.54) is 44.9 Å². The zero-order valence-corrected chi connectivity index (χ0v) is 26.9. The maximum absolute atomic E-state index is 13.2. The molecule has 4 heterocycles. The molecule has 1 atom stereocenters. The first-order valence-electron chi connectivity index (χ1n) is 16.6. The van der Waals surface area contributed by atoms with Crippen LogP contribution in [-0.4, -0.2) is 100 Å². The number of aliphatic carboxylic acids is 1. The van der Waals surface area contributed by atoms with Crippen LogP contribution in [0, 0.1) is 25.7 Å². The second kappa shape index (κ2) is 15.2. The SMILES string of the molecule is CCCCC1CN(CC2CCCCC2)C(=O)OC12CCN(C1CCN(C(=O)c3c(C)noc3C)CC1)CC2.O=C(O)C(F)(F)F. The maximum Gasteiger partial charge on any atom is 0.490 e. The number of hydrogen-bond acceptors (Lipinski definition) is 7. The highest BCUT2D eigenvalue weighted by molar-refractivity contribution is 5.96. The number of hydrogen-bond donors (Lipinski definition) is 1. The Bertz CT molecular complexity index is 1130. The number of amides is 2. The molecule has 2 amide bonds. The Morgan fingerprint density at radius 1 is 1.02 bits per heavy atom. The number of carbonyl (C=O) groups excluding carboxylic acids is 2. The normalized spacial score (nSPS) is 23.4. The van der Waals surface area contributed by atoms with Crippen LogP contribution < -0.4 is 0 Å². The number of alkyl halides is 3. The summed E-state index contributed by atoms with van der Waals surface area (Å²) in [4.78, 5) is 41.8. The van der Waals surface area contributed by atoms with Crippen LogP contribution in [-0.2, 0) is 9.53 Å². The van der Waals surface area contributed by atoms with E-state index in [0.717, 1.165) is 71.4 Å². The average molecular weight is 643 g/mol. The van der Waals surface area contributed by atoms with E-state index < -0.39 is 12.1 Å². The van der Waals surface area contributed by atoms with Crippen LogP contribution in [0.2, 0.25) is 0 Å². The summed E-state index contributed by atoms with van der Waals surface area (Å²) < 4.78 is 43.4. The van der Waals surface area contributed by atoms with Crippen molar-refractivity contribution >= 4 is 18.0 Å². The Kier molecular flexibility index (Phi) is 11.8. The third kappa shape index (κ3) is 8.71. The van der Waals surface area contributed by atoms with Gasteiger partial charge in [-0.05, 0) is 51.9 Å². The molecule has 1 aliphatic carbocycles. The Labute approximate surface area is 263 Å². The fourth-order valence-electron chi connectivity index (χ4n) is 7.62. The number of aryl methyl sites for hydroxylation is 2. The Morgan fingerprint density at radius 2 is 1.64 bits per heavy atom. The lowest BCUT2D eigenvalue weighted by molar-refractivity contribution is -0.192. The van der Waals surface area contributed by atoms with Crippen molar-refractivity contribution in [2.24, 2.45) is 11.8 Å². The summed E-state index contributed by atoms with van der Waals surface area (Å²) in [6.07, 6.45) is 8.67. The molecule has 3 aliphatic heterocycles. The summed E-state index contributed by atoms with van der Waals surface area (Å²) in [7, 11) is 0. The van der Waals surface area contributed by atoms with Gasteiger partial charge in [-0.2, -0.15) is 13.2 Å². The van der Waals surface area contributed by atoms with Crippen molar-refractivity contribution in [2.45, 2.75) is 116 Å². The monoisotopic (exact) mass is 642 g/mol. The first-order valence-corrected chi connectivity index (χ1v) is 16.6. The zero-order valence-electron chi connectivity index (χ0n) is 26.9. The molecule has 4 aliphatic rings. The highest BCUT2D eigenvalue weighted by Gasteiger charge is 2.50. The molecule has 0 bridgehead atoms. The van der Waals surface area contributed by atoms with Crippen LogP contribution in [0.4, 0.5) is 18.0 Å². The van der Waals surface area contributed by atoms with Crippen molar-refractivity contribution in [1.82, 2.24) is 19.9 Å². The van der Waals surface area contributed by atoms with Gasteiger partial charge in [0.2, 0.25) is 0 Å². The average Bonchev–Trinajstić information content (AvgIpc) is 3.35. The smallest absolute Gasteiger partial charge is 0.475 e. The van der Waals surface area contributed by atoms with Gasteiger partial charge in [0.25, 0.3) is 5.91 Å². The van der Waals surface area contributed by atoms with E-state index in [2.05, 4.69) is 21.9 Å². The van der Waals surface area contributed by atoms with Gasteiger partial charge in [0, 0.05) is 64.1 Å². The maximum atomic E-state index is 13.2. The predicted octanol–water partition coefficient (Wildman–Crippen LogP) is 6.20. The molecular formula is C32H49F3N4O6. The fourth-order valence-corrected chi connectivity index (χ4v) is 7.62. The molecule has 13 heteroatoms. The van der Waals surface area contributed by atoms with Crippen LogP contribution in [0.5, 0.6) is 0 Å². The number of carboxylic acid groups (broad SMARTS) is 1. The first kappa shape index (κ1) is 35.0. The summed E-state index contributed by atoms with van der Waals surface area (Å²) >= 11 is 0. The Balaban J connectivity index is 0.000000591. The molecule has 5 rings (SSSR count). The molecule has 3 saturated heterocycles. The third-order valence-corrected chi connectivity index (χ3v) is 10.2. The number of carboxylic acids is 1. The van der Waals surface area contributed by atoms with Gasteiger partial charge in [-0.3, -0.25) is 9.69 Å². The third-order valence-electron chi connectivity index (χ3n) is 10.2. The molecule has 1 aromatic heterocycles. The topological polar surface area (TPSA) is 116 Å². The lowest BCUT2D eigenvalue weighted by atomic mass is 9.75. The first-order chi connectivity index (χ1) is 21.3. The van der Waals surface area contributed by atoms with Gasteiger partial charge in [0.1, 0.15) is 16.9 Å². The molecule has 1 N–H and O–H groups in total. The van der Waals surface area contributed by atoms with Gasteiger partial charge in [0.05, 0.1) is 5.69 Å². The summed E-state index contributed by atoms with van der Waals surface area (Å²) in [6, 6.07) is 0.484. The molecule has 10 nitrogen and oxygen atoms in total. The minimum Gasteiger partial charge on any atom is -0.475 e. The molecule has 1 saturated carbocycles. The number of rotatable bonds is 7. The number of nitrogens with zero attached hydrogens (tertiary/aromatic N) is 4. The number of likely N-dealkylation sites (tertiary alicyclic amines) is 2. The van der Waals surface area contributed by atoms with Crippen molar-refractivity contribution < 1.29 is 41.9 Å². The van der Waals surface area contributed by atoms with E-state index >= 15 is 0 Å². The van der Waals surface area contributed by atoms with E-state index in [0.29, 0.717) is 34.9 Å². The Hall–Kier alpha value is -2.83. The number of halogens is 3. The molecule has 1 aromatic rings. The minimum atomic E-state index is -5.08. The lowest BCUT2D eigenvalue weighted by Gasteiger charge is -2.52.